The van der Waals surface area contributed by atoms with E-state index in [9.17, 15) is 14.4 Å². The zero-order chi connectivity index (χ0) is 31.7. The van der Waals surface area contributed by atoms with Gasteiger partial charge in [-0.3, -0.25) is 14.4 Å². The molecule has 0 aliphatic rings. The van der Waals surface area contributed by atoms with E-state index < -0.39 is 17.1 Å². The van der Waals surface area contributed by atoms with Gasteiger partial charge in [-0.1, -0.05) is 97.1 Å². The van der Waals surface area contributed by atoms with Crippen LogP contribution in [0.3, 0.4) is 0 Å². The lowest BCUT2D eigenvalue weighted by atomic mass is 10.0. The van der Waals surface area contributed by atoms with E-state index >= 15 is 0 Å². The zero-order valence-electron chi connectivity index (χ0n) is 24.4. The molecule has 0 radical (unpaired) electrons. The second-order valence-electron chi connectivity index (χ2n) is 10.2. The van der Waals surface area contributed by atoms with Crippen molar-refractivity contribution in [2.75, 3.05) is 10.6 Å². The molecule has 3 amide bonds. The number of nitrogens with zero attached hydrogens (tertiary/aromatic N) is 1. The minimum atomic E-state index is -0.567. The number of carbonyl (C=O) groups is 3. The molecule has 0 fully saturated rings. The summed E-state index contributed by atoms with van der Waals surface area (Å²) >= 11 is 2.71. The summed E-state index contributed by atoms with van der Waals surface area (Å²) < 4.78 is 0. The van der Waals surface area contributed by atoms with E-state index in [0.29, 0.717) is 16.4 Å². The Kier molecular flexibility index (Phi) is 9.63. The molecule has 0 aliphatic heterocycles. The van der Waals surface area contributed by atoms with Crippen molar-refractivity contribution in [3.05, 3.63) is 161 Å². The van der Waals surface area contributed by atoms with Gasteiger partial charge in [0.2, 0.25) is 5.91 Å². The molecule has 1 atom stereocenters. The van der Waals surface area contributed by atoms with Crippen LogP contribution in [0.25, 0.3) is 16.8 Å². The number of hydrogen-bond acceptors (Lipinski definition) is 6. The largest absolute Gasteiger partial charge is 0.321 e. The first-order valence-electron chi connectivity index (χ1n) is 14.4. The lowest BCUT2D eigenvalue weighted by molar-refractivity contribution is -0.116. The van der Waals surface area contributed by atoms with E-state index in [4.69, 9.17) is 0 Å². The number of thiazole rings is 1. The second kappa shape index (κ2) is 14.5. The van der Waals surface area contributed by atoms with Gasteiger partial charge in [-0.25, -0.2) is 4.98 Å². The molecule has 9 heteroatoms. The topological polar surface area (TPSA) is 100 Å². The van der Waals surface area contributed by atoms with E-state index in [-0.39, 0.29) is 11.6 Å². The first-order valence-corrected chi connectivity index (χ1v) is 16.2. The summed E-state index contributed by atoms with van der Waals surface area (Å²) in [4.78, 5) is 45.3. The number of thioether (sulfide) groups is 1. The molecule has 6 aromatic rings. The molecular formula is C37H28N4O3S2. The van der Waals surface area contributed by atoms with Crippen molar-refractivity contribution >= 4 is 68.5 Å². The fourth-order valence-corrected chi connectivity index (χ4v) is 6.43. The Morgan fingerprint density at radius 1 is 0.761 bits per heavy atom. The van der Waals surface area contributed by atoms with Gasteiger partial charge in [0.05, 0.1) is 0 Å². The molecule has 0 saturated carbocycles. The van der Waals surface area contributed by atoms with Crippen LogP contribution in [0.1, 0.15) is 26.7 Å². The van der Waals surface area contributed by atoms with Crippen LogP contribution >= 0.6 is 23.1 Å². The van der Waals surface area contributed by atoms with Gasteiger partial charge in [0.25, 0.3) is 11.8 Å². The second-order valence-corrected chi connectivity index (χ2v) is 12.2. The van der Waals surface area contributed by atoms with Gasteiger partial charge in [-0.2, -0.15) is 0 Å². The van der Waals surface area contributed by atoms with Crippen LogP contribution in [0.2, 0.25) is 0 Å². The minimum Gasteiger partial charge on any atom is -0.321 e. The van der Waals surface area contributed by atoms with E-state index in [2.05, 4.69) is 20.9 Å². The van der Waals surface area contributed by atoms with Gasteiger partial charge in [0, 0.05) is 27.7 Å². The predicted molar refractivity (Wildman–Crippen MR) is 187 cm³/mol. The fraction of sp³-hybridized carbons (Fsp3) is 0.0270. The van der Waals surface area contributed by atoms with Crippen molar-refractivity contribution < 1.29 is 14.4 Å². The number of hydrogen-bond donors (Lipinski definition) is 3. The maximum Gasteiger partial charge on any atom is 0.272 e. The van der Waals surface area contributed by atoms with Crippen molar-refractivity contribution in [1.29, 1.82) is 0 Å². The van der Waals surface area contributed by atoms with Crippen molar-refractivity contribution in [3.8, 4) is 0 Å². The Morgan fingerprint density at radius 3 is 2.26 bits per heavy atom. The number of fused-ring (bicyclic) bond motifs is 1. The molecular weight excluding hydrogens is 613 g/mol. The van der Waals surface area contributed by atoms with Crippen LogP contribution in [0.5, 0.6) is 0 Å². The summed E-state index contributed by atoms with van der Waals surface area (Å²) in [7, 11) is 0. The van der Waals surface area contributed by atoms with Crippen LogP contribution in [0.4, 0.5) is 10.8 Å². The molecule has 0 saturated heterocycles. The third-order valence-electron chi connectivity index (χ3n) is 7.00. The molecule has 7 nitrogen and oxygen atoms in total. The molecule has 1 aromatic heterocycles. The van der Waals surface area contributed by atoms with Gasteiger partial charge in [-0.05, 0) is 58.3 Å². The Bertz CT molecular complexity index is 2010. The van der Waals surface area contributed by atoms with Crippen molar-refractivity contribution in [1.82, 2.24) is 10.3 Å². The standard InChI is InChI=1S/C37H28N4O3S2/c42-34(27-14-5-2-6-15-27)40-32(23-28-17-9-16-25-11-7-8-20-31(25)28)35(43)39-29-18-10-19-30(24-29)46-33(26-12-3-1-4-13-26)36(44)41-37-38-21-22-45-37/h1-24,33H,(H,39,43)(H,40,42)(H,38,41,44)/b32-23+. The molecule has 0 spiro atoms. The number of amides is 3. The molecule has 46 heavy (non-hydrogen) atoms. The number of benzene rings is 5. The Hall–Kier alpha value is -5.51. The minimum absolute atomic E-state index is 0.0910. The summed E-state index contributed by atoms with van der Waals surface area (Å²) in [5.74, 6) is -1.09. The van der Waals surface area contributed by atoms with E-state index in [1.54, 1.807) is 48.0 Å². The molecule has 226 valence electrons. The molecule has 5 aromatic carbocycles. The first kappa shape index (κ1) is 30.5. The molecule has 0 aliphatic carbocycles. The molecule has 1 unspecified atom stereocenters. The van der Waals surface area contributed by atoms with E-state index in [1.807, 2.05) is 97.1 Å². The lowest BCUT2D eigenvalue weighted by Crippen LogP contribution is -2.30. The lowest BCUT2D eigenvalue weighted by Gasteiger charge is -2.17. The number of carbonyl (C=O) groups excluding carboxylic acids is 3. The van der Waals surface area contributed by atoms with Crippen LogP contribution in [0, 0.1) is 0 Å². The monoisotopic (exact) mass is 640 g/mol. The Morgan fingerprint density at radius 2 is 1.48 bits per heavy atom. The van der Waals surface area contributed by atoms with E-state index in [0.717, 1.165) is 26.8 Å². The van der Waals surface area contributed by atoms with Crippen LogP contribution in [-0.4, -0.2) is 22.7 Å². The highest BCUT2D eigenvalue weighted by atomic mass is 32.2. The summed E-state index contributed by atoms with van der Waals surface area (Å²) in [5.41, 5.74) is 2.66. The van der Waals surface area contributed by atoms with Crippen molar-refractivity contribution in [2.24, 2.45) is 0 Å². The third kappa shape index (κ3) is 7.58. The SMILES string of the molecule is O=C(Nc1cccc(SC(C(=O)Nc2nccs2)c2ccccc2)c1)/C(=C\c1cccc2ccccc12)NC(=O)c1ccccc1. The molecule has 0 bridgehead atoms. The zero-order valence-corrected chi connectivity index (χ0v) is 26.1. The highest BCUT2D eigenvalue weighted by Gasteiger charge is 2.23. The number of anilines is 2. The maximum atomic E-state index is 13.8. The normalized spacial score (nSPS) is 11.9. The predicted octanol–water partition coefficient (Wildman–Crippen LogP) is 8.18. The quantitative estimate of drug-likeness (QED) is 0.104. The highest BCUT2D eigenvalue weighted by Crippen LogP contribution is 2.37. The fourth-order valence-electron chi connectivity index (χ4n) is 4.81. The molecule has 1 heterocycles. The number of nitrogens with one attached hydrogen (secondary N) is 3. The summed E-state index contributed by atoms with van der Waals surface area (Å²) in [6.07, 6.45) is 3.33. The first-order chi connectivity index (χ1) is 22.5. The summed E-state index contributed by atoms with van der Waals surface area (Å²) in [6, 6.07) is 39.2. The number of rotatable bonds is 10. The maximum absolute atomic E-state index is 13.8. The highest BCUT2D eigenvalue weighted by molar-refractivity contribution is 8.00. The van der Waals surface area contributed by atoms with Crippen LogP contribution in [0.15, 0.2) is 150 Å². The Labute approximate surface area is 274 Å². The Balaban J connectivity index is 1.27. The van der Waals surface area contributed by atoms with Crippen molar-refractivity contribution in [3.63, 3.8) is 0 Å². The van der Waals surface area contributed by atoms with Gasteiger partial charge < -0.3 is 16.0 Å². The van der Waals surface area contributed by atoms with Crippen LogP contribution in [-0.2, 0) is 9.59 Å². The van der Waals surface area contributed by atoms with Crippen molar-refractivity contribution in [2.45, 2.75) is 10.1 Å². The average Bonchev–Trinajstić information content (AvgIpc) is 3.61. The number of aromatic nitrogens is 1. The van der Waals surface area contributed by atoms with Gasteiger partial charge in [-0.15, -0.1) is 23.1 Å². The van der Waals surface area contributed by atoms with Gasteiger partial charge >= 0.3 is 0 Å². The molecule has 6 rings (SSSR count). The third-order valence-corrected chi connectivity index (χ3v) is 8.94. The molecule has 3 N–H and O–H groups in total. The van der Waals surface area contributed by atoms with Crippen LogP contribution < -0.4 is 16.0 Å². The van der Waals surface area contributed by atoms with Gasteiger partial charge in [0.15, 0.2) is 5.13 Å². The smallest absolute Gasteiger partial charge is 0.272 e. The average molecular weight is 641 g/mol. The summed E-state index contributed by atoms with van der Waals surface area (Å²) in [6.45, 7) is 0. The summed E-state index contributed by atoms with van der Waals surface area (Å²) in [5, 5.41) is 12.4. The van der Waals surface area contributed by atoms with E-state index in [1.165, 1.54) is 23.1 Å². The van der Waals surface area contributed by atoms with Gasteiger partial charge in [0.1, 0.15) is 10.9 Å².